The van der Waals surface area contributed by atoms with Gasteiger partial charge in [-0.3, -0.25) is 0 Å². The topological polar surface area (TPSA) is 49.3 Å². The standard InChI is InChI=1S/C10H17NO2/c1-8(6-10(12)13)7-11-9-4-2-3-5-9/h6,9,11H,2-5,7H2,1H3,(H,12,13). The molecular formula is C10H17NO2. The van der Waals surface area contributed by atoms with E-state index < -0.39 is 5.97 Å². The second-order valence-electron chi connectivity index (χ2n) is 3.69. The Hall–Kier alpha value is -0.830. The number of carboxylic acids is 1. The van der Waals surface area contributed by atoms with Crippen LogP contribution in [0, 0.1) is 0 Å². The molecule has 0 aromatic rings. The van der Waals surface area contributed by atoms with E-state index in [4.69, 9.17) is 5.11 Å². The molecule has 0 saturated heterocycles. The van der Waals surface area contributed by atoms with E-state index in [0.717, 1.165) is 5.57 Å². The number of hydrogen-bond donors (Lipinski definition) is 2. The molecule has 0 aromatic heterocycles. The summed E-state index contributed by atoms with van der Waals surface area (Å²) in [5.41, 5.74) is 0.888. The van der Waals surface area contributed by atoms with E-state index in [1.54, 1.807) is 0 Å². The maximum absolute atomic E-state index is 10.3. The van der Waals surface area contributed by atoms with Crippen LogP contribution in [-0.4, -0.2) is 23.7 Å². The van der Waals surface area contributed by atoms with Gasteiger partial charge in [-0.05, 0) is 19.8 Å². The van der Waals surface area contributed by atoms with Crippen molar-refractivity contribution in [1.82, 2.24) is 5.32 Å². The van der Waals surface area contributed by atoms with Gasteiger partial charge in [-0.25, -0.2) is 4.79 Å². The Labute approximate surface area is 78.8 Å². The predicted octanol–water partition coefficient (Wildman–Crippen LogP) is 1.55. The quantitative estimate of drug-likeness (QED) is 0.650. The summed E-state index contributed by atoms with van der Waals surface area (Å²) in [5.74, 6) is -0.856. The molecule has 0 unspecified atom stereocenters. The summed E-state index contributed by atoms with van der Waals surface area (Å²) in [6.07, 6.45) is 6.35. The Balaban J connectivity index is 2.21. The average molecular weight is 183 g/mol. The van der Waals surface area contributed by atoms with Crippen LogP contribution in [0.1, 0.15) is 32.6 Å². The summed E-state index contributed by atoms with van der Waals surface area (Å²) in [7, 11) is 0. The molecule has 3 heteroatoms. The van der Waals surface area contributed by atoms with Crippen LogP contribution in [-0.2, 0) is 4.79 Å². The molecule has 0 spiro atoms. The molecule has 0 bridgehead atoms. The number of hydrogen-bond acceptors (Lipinski definition) is 2. The van der Waals surface area contributed by atoms with Crippen LogP contribution in [0.5, 0.6) is 0 Å². The third kappa shape index (κ3) is 4.08. The first-order chi connectivity index (χ1) is 6.18. The fraction of sp³-hybridized carbons (Fsp3) is 0.700. The highest BCUT2D eigenvalue weighted by atomic mass is 16.4. The maximum atomic E-state index is 10.3. The van der Waals surface area contributed by atoms with Crippen molar-refractivity contribution in [3.8, 4) is 0 Å². The molecule has 13 heavy (non-hydrogen) atoms. The van der Waals surface area contributed by atoms with Gasteiger partial charge in [-0.15, -0.1) is 0 Å². The van der Waals surface area contributed by atoms with Crippen LogP contribution < -0.4 is 5.32 Å². The van der Waals surface area contributed by atoms with Gasteiger partial charge in [-0.1, -0.05) is 18.4 Å². The summed E-state index contributed by atoms with van der Waals surface area (Å²) in [6, 6.07) is 0.608. The van der Waals surface area contributed by atoms with E-state index in [1.807, 2.05) is 6.92 Å². The molecule has 1 fully saturated rings. The van der Waals surface area contributed by atoms with Gasteiger partial charge in [0.15, 0.2) is 0 Å². The summed E-state index contributed by atoms with van der Waals surface area (Å²) in [6.45, 7) is 2.55. The SMILES string of the molecule is CC(=CC(=O)O)CNC1CCCC1. The maximum Gasteiger partial charge on any atom is 0.328 e. The van der Waals surface area contributed by atoms with Crippen molar-refractivity contribution in [2.75, 3.05) is 6.54 Å². The Morgan fingerprint density at radius 3 is 2.69 bits per heavy atom. The van der Waals surface area contributed by atoms with E-state index in [0.29, 0.717) is 12.6 Å². The zero-order chi connectivity index (χ0) is 9.68. The summed E-state index contributed by atoms with van der Waals surface area (Å²) >= 11 is 0. The van der Waals surface area contributed by atoms with Crippen molar-refractivity contribution in [2.45, 2.75) is 38.6 Å². The zero-order valence-corrected chi connectivity index (χ0v) is 8.05. The molecule has 0 atom stereocenters. The van der Waals surface area contributed by atoms with Crippen molar-refractivity contribution in [3.63, 3.8) is 0 Å². The predicted molar refractivity (Wildman–Crippen MR) is 51.7 cm³/mol. The molecule has 74 valence electrons. The lowest BCUT2D eigenvalue weighted by Crippen LogP contribution is -2.27. The minimum absolute atomic E-state index is 0.608. The normalized spacial score (nSPS) is 19.3. The molecule has 0 aliphatic heterocycles. The molecular weight excluding hydrogens is 166 g/mol. The minimum atomic E-state index is -0.856. The Morgan fingerprint density at radius 1 is 1.54 bits per heavy atom. The lowest BCUT2D eigenvalue weighted by molar-refractivity contribution is -0.131. The monoisotopic (exact) mass is 183 g/mol. The van der Waals surface area contributed by atoms with Gasteiger partial charge in [0.1, 0.15) is 0 Å². The molecule has 1 saturated carbocycles. The number of rotatable bonds is 4. The van der Waals surface area contributed by atoms with E-state index in [9.17, 15) is 4.79 Å². The third-order valence-corrected chi connectivity index (χ3v) is 2.39. The first-order valence-corrected chi connectivity index (χ1v) is 4.82. The van der Waals surface area contributed by atoms with Gasteiger partial charge in [0.2, 0.25) is 0 Å². The first-order valence-electron chi connectivity index (χ1n) is 4.82. The number of nitrogens with one attached hydrogen (secondary N) is 1. The highest BCUT2D eigenvalue weighted by molar-refractivity contribution is 5.80. The van der Waals surface area contributed by atoms with E-state index in [2.05, 4.69) is 5.32 Å². The highest BCUT2D eigenvalue weighted by Gasteiger charge is 2.13. The van der Waals surface area contributed by atoms with Crippen molar-refractivity contribution < 1.29 is 9.90 Å². The Morgan fingerprint density at radius 2 is 2.15 bits per heavy atom. The molecule has 2 N–H and O–H groups in total. The van der Waals surface area contributed by atoms with Gasteiger partial charge in [-0.2, -0.15) is 0 Å². The molecule has 0 heterocycles. The summed E-state index contributed by atoms with van der Waals surface area (Å²) in [5, 5.41) is 11.8. The number of carboxylic acid groups (broad SMARTS) is 1. The molecule has 3 nitrogen and oxygen atoms in total. The van der Waals surface area contributed by atoms with Gasteiger partial charge < -0.3 is 10.4 Å². The van der Waals surface area contributed by atoms with Gasteiger partial charge in [0.05, 0.1) is 0 Å². The molecule has 1 aliphatic rings. The molecule has 0 radical (unpaired) electrons. The Kier molecular flexibility index (Phi) is 3.96. The van der Waals surface area contributed by atoms with Crippen molar-refractivity contribution in [1.29, 1.82) is 0 Å². The zero-order valence-electron chi connectivity index (χ0n) is 8.05. The summed E-state index contributed by atoms with van der Waals surface area (Å²) in [4.78, 5) is 10.3. The molecule has 0 amide bonds. The van der Waals surface area contributed by atoms with E-state index in [-0.39, 0.29) is 0 Å². The van der Waals surface area contributed by atoms with Crippen molar-refractivity contribution in [3.05, 3.63) is 11.6 Å². The number of carbonyl (C=O) groups is 1. The van der Waals surface area contributed by atoms with Crippen LogP contribution in [0.2, 0.25) is 0 Å². The van der Waals surface area contributed by atoms with E-state index >= 15 is 0 Å². The smallest absolute Gasteiger partial charge is 0.328 e. The first kappa shape index (κ1) is 10.3. The Bertz CT molecular complexity index is 205. The molecule has 0 aromatic carbocycles. The molecule has 1 aliphatic carbocycles. The van der Waals surface area contributed by atoms with Crippen LogP contribution >= 0.6 is 0 Å². The van der Waals surface area contributed by atoms with Crippen molar-refractivity contribution >= 4 is 5.97 Å². The summed E-state index contributed by atoms with van der Waals surface area (Å²) < 4.78 is 0. The average Bonchev–Trinajstić information content (AvgIpc) is 2.51. The molecule has 1 rings (SSSR count). The van der Waals surface area contributed by atoms with Crippen molar-refractivity contribution in [2.24, 2.45) is 0 Å². The fourth-order valence-corrected chi connectivity index (χ4v) is 1.70. The van der Waals surface area contributed by atoms with Crippen LogP contribution in [0.15, 0.2) is 11.6 Å². The number of aliphatic carboxylic acids is 1. The second kappa shape index (κ2) is 5.02. The lowest BCUT2D eigenvalue weighted by Gasteiger charge is -2.11. The largest absolute Gasteiger partial charge is 0.478 e. The van der Waals surface area contributed by atoms with Gasteiger partial charge in [0.25, 0.3) is 0 Å². The minimum Gasteiger partial charge on any atom is -0.478 e. The van der Waals surface area contributed by atoms with Crippen LogP contribution in [0.4, 0.5) is 0 Å². The lowest BCUT2D eigenvalue weighted by atomic mass is 10.2. The third-order valence-electron chi connectivity index (χ3n) is 2.39. The van der Waals surface area contributed by atoms with Gasteiger partial charge >= 0.3 is 5.97 Å². The second-order valence-corrected chi connectivity index (χ2v) is 3.69. The fourth-order valence-electron chi connectivity index (χ4n) is 1.70. The van der Waals surface area contributed by atoms with Crippen LogP contribution in [0.25, 0.3) is 0 Å². The van der Waals surface area contributed by atoms with Crippen LogP contribution in [0.3, 0.4) is 0 Å². The van der Waals surface area contributed by atoms with Gasteiger partial charge in [0, 0.05) is 18.7 Å². The van der Waals surface area contributed by atoms with E-state index in [1.165, 1.54) is 31.8 Å². The highest BCUT2D eigenvalue weighted by Crippen LogP contribution is 2.17.